The van der Waals surface area contributed by atoms with Gasteiger partial charge in [0.2, 0.25) is 0 Å². The molecule has 1 unspecified atom stereocenters. The lowest BCUT2D eigenvalue weighted by molar-refractivity contribution is -0.144. The van der Waals surface area contributed by atoms with Crippen molar-refractivity contribution < 1.29 is 19.4 Å². The van der Waals surface area contributed by atoms with Gasteiger partial charge in [-0.3, -0.25) is 4.79 Å². The number of esters is 1. The van der Waals surface area contributed by atoms with E-state index in [9.17, 15) is 9.59 Å². The first-order valence-corrected chi connectivity index (χ1v) is 2.92. The minimum absolute atomic E-state index is 0.00722. The van der Waals surface area contributed by atoms with Crippen LogP contribution in [-0.2, 0) is 14.3 Å². The smallest absolute Gasteiger partial charge is 0.302 e. The van der Waals surface area contributed by atoms with E-state index >= 15 is 0 Å². The summed E-state index contributed by atoms with van der Waals surface area (Å²) in [5, 5.41) is 8.79. The molecule has 58 valence electrons. The van der Waals surface area contributed by atoms with Crippen LogP contribution in [0.1, 0.15) is 13.3 Å². The molecular weight excluding hydrogens is 136 g/mol. The molecule has 0 heterocycles. The lowest BCUT2D eigenvalue weighted by Gasteiger charge is -2.05. The van der Waals surface area contributed by atoms with Gasteiger partial charge in [0.1, 0.15) is 12.9 Å². The Morgan fingerprint density at radius 2 is 2.40 bits per heavy atom. The van der Waals surface area contributed by atoms with Gasteiger partial charge in [-0.25, -0.2) is 0 Å². The summed E-state index contributed by atoms with van der Waals surface area (Å²) in [6.07, 6.45) is -0.275. The molecule has 1 N–H and O–H groups in total. The highest BCUT2D eigenvalue weighted by molar-refractivity contribution is 5.65. The zero-order valence-corrected chi connectivity index (χ0v) is 5.74. The summed E-state index contributed by atoms with van der Waals surface area (Å²) in [4.78, 5) is 19.9. The fourth-order valence-corrected chi connectivity index (χ4v) is 0.393. The number of aldehydes is 1. The third kappa shape index (κ3) is 5.24. The molecule has 0 radical (unpaired) electrons. The summed E-state index contributed by atoms with van der Waals surface area (Å²) >= 11 is 0. The SMILES string of the molecule is CC(=O)OCC(O)CC=O. The van der Waals surface area contributed by atoms with Crippen molar-refractivity contribution in [2.45, 2.75) is 19.4 Å². The second-order valence-electron chi connectivity index (χ2n) is 1.86. The van der Waals surface area contributed by atoms with E-state index in [4.69, 9.17) is 5.11 Å². The van der Waals surface area contributed by atoms with Gasteiger partial charge < -0.3 is 14.6 Å². The van der Waals surface area contributed by atoms with E-state index in [1.165, 1.54) is 6.92 Å². The standard InChI is InChI=1S/C6H10O4/c1-5(8)10-4-6(9)2-3-7/h3,6,9H,2,4H2,1H3. The maximum Gasteiger partial charge on any atom is 0.302 e. The molecule has 0 aromatic heterocycles. The molecule has 0 amide bonds. The Morgan fingerprint density at radius 1 is 1.80 bits per heavy atom. The van der Waals surface area contributed by atoms with Crippen LogP contribution in [0.15, 0.2) is 0 Å². The molecule has 0 spiro atoms. The minimum Gasteiger partial charge on any atom is -0.463 e. The molecule has 0 fully saturated rings. The van der Waals surface area contributed by atoms with Gasteiger partial charge in [0.25, 0.3) is 0 Å². The van der Waals surface area contributed by atoms with Crippen LogP contribution in [0.3, 0.4) is 0 Å². The average molecular weight is 146 g/mol. The second kappa shape index (κ2) is 4.93. The van der Waals surface area contributed by atoms with E-state index in [2.05, 4.69) is 4.74 Å². The first kappa shape index (κ1) is 9.10. The third-order valence-corrected chi connectivity index (χ3v) is 0.847. The molecule has 4 nitrogen and oxygen atoms in total. The summed E-state index contributed by atoms with van der Waals surface area (Å²) < 4.78 is 4.41. The van der Waals surface area contributed by atoms with Gasteiger partial charge >= 0.3 is 5.97 Å². The molecule has 0 aliphatic rings. The fraction of sp³-hybridized carbons (Fsp3) is 0.667. The summed E-state index contributed by atoms with van der Waals surface area (Å²) in [6.45, 7) is 1.14. The highest BCUT2D eigenvalue weighted by Crippen LogP contribution is 1.88. The van der Waals surface area contributed by atoms with Crippen LogP contribution in [0.5, 0.6) is 0 Å². The predicted octanol–water partition coefficient (Wildman–Crippen LogP) is -0.501. The van der Waals surface area contributed by atoms with Crippen molar-refractivity contribution >= 4 is 12.3 Å². The van der Waals surface area contributed by atoms with Crippen molar-refractivity contribution in [3.63, 3.8) is 0 Å². The Bertz CT molecular complexity index is 121. The van der Waals surface area contributed by atoms with Crippen LogP contribution >= 0.6 is 0 Å². The molecule has 0 aliphatic heterocycles. The monoisotopic (exact) mass is 146 g/mol. The zero-order valence-electron chi connectivity index (χ0n) is 5.74. The highest BCUT2D eigenvalue weighted by Gasteiger charge is 2.03. The van der Waals surface area contributed by atoms with E-state index in [0.29, 0.717) is 6.29 Å². The van der Waals surface area contributed by atoms with Gasteiger partial charge in [-0.15, -0.1) is 0 Å². The van der Waals surface area contributed by atoms with Gasteiger partial charge in [0.15, 0.2) is 0 Å². The van der Waals surface area contributed by atoms with Gasteiger partial charge in [-0.05, 0) is 0 Å². The van der Waals surface area contributed by atoms with Crippen LogP contribution in [0.2, 0.25) is 0 Å². The van der Waals surface area contributed by atoms with E-state index in [1.54, 1.807) is 0 Å². The number of rotatable bonds is 4. The first-order valence-electron chi connectivity index (χ1n) is 2.92. The number of hydrogen-bond acceptors (Lipinski definition) is 4. The Hall–Kier alpha value is -0.900. The fourth-order valence-electron chi connectivity index (χ4n) is 0.393. The number of carbonyl (C=O) groups is 2. The number of aliphatic hydroxyl groups excluding tert-OH is 1. The molecule has 10 heavy (non-hydrogen) atoms. The van der Waals surface area contributed by atoms with Gasteiger partial charge in [-0.1, -0.05) is 0 Å². The summed E-state index contributed by atoms with van der Waals surface area (Å²) in [7, 11) is 0. The van der Waals surface area contributed by atoms with Crippen LogP contribution in [0.25, 0.3) is 0 Å². The Morgan fingerprint density at radius 3 is 2.80 bits per heavy atom. The quantitative estimate of drug-likeness (QED) is 0.429. The molecule has 0 saturated carbocycles. The van der Waals surface area contributed by atoms with Crippen molar-refractivity contribution in [2.24, 2.45) is 0 Å². The van der Waals surface area contributed by atoms with Gasteiger partial charge in [-0.2, -0.15) is 0 Å². The lowest BCUT2D eigenvalue weighted by atomic mass is 10.3. The molecule has 0 rings (SSSR count). The minimum atomic E-state index is -0.860. The molecule has 0 aromatic carbocycles. The molecule has 4 heteroatoms. The summed E-state index contributed by atoms with van der Waals surface area (Å²) in [5.41, 5.74) is 0. The maximum atomic E-state index is 10.1. The second-order valence-corrected chi connectivity index (χ2v) is 1.86. The van der Waals surface area contributed by atoms with E-state index < -0.39 is 12.1 Å². The van der Waals surface area contributed by atoms with Crippen LogP contribution in [-0.4, -0.2) is 30.1 Å². The molecule has 0 saturated heterocycles. The average Bonchev–Trinajstić information content (AvgIpc) is 1.85. The molecule has 0 bridgehead atoms. The van der Waals surface area contributed by atoms with Crippen LogP contribution in [0, 0.1) is 0 Å². The number of hydrogen-bond donors (Lipinski definition) is 1. The zero-order chi connectivity index (χ0) is 7.98. The maximum absolute atomic E-state index is 10.1. The molecule has 0 aromatic rings. The summed E-state index contributed by atoms with van der Waals surface area (Å²) in [6, 6.07) is 0. The highest BCUT2D eigenvalue weighted by atomic mass is 16.5. The largest absolute Gasteiger partial charge is 0.463 e. The van der Waals surface area contributed by atoms with Crippen molar-refractivity contribution in [2.75, 3.05) is 6.61 Å². The first-order chi connectivity index (χ1) is 4.66. The van der Waals surface area contributed by atoms with Crippen molar-refractivity contribution in [1.82, 2.24) is 0 Å². The topological polar surface area (TPSA) is 63.6 Å². The summed E-state index contributed by atoms with van der Waals surface area (Å²) in [5.74, 6) is -0.454. The van der Waals surface area contributed by atoms with Crippen molar-refractivity contribution in [1.29, 1.82) is 0 Å². The molecular formula is C6H10O4. The van der Waals surface area contributed by atoms with Gasteiger partial charge in [0, 0.05) is 13.3 Å². The number of aliphatic hydroxyl groups is 1. The van der Waals surface area contributed by atoms with Gasteiger partial charge in [0.05, 0.1) is 6.10 Å². The van der Waals surface area contributed by atoms with Crippen LogP contribution in [0.4, 0.5) is 0 Å². The van der Waals surface area contributed by atoms with Crippen molar-refractivity contribution in [3.05, 3.63) is 0 Å². The molecule has 1 atom stereocenters. The third-order valence-electron chi connectivity index (χ3n) is 0.847. The predicted molar refractivity (Wildman–Crippen MR) is 33.3 cm³/mol. The molecule has 0 aliphatic carbocycles. The Kier molecular flexibility index (Phi) is 4.49. The van der Waals surface area contributed by atoms with E-state index in [1.807, 2.05) is 0 Å². The normalized spacial score (nSPS) is 12.2. The Balaban J connectivity index is 3.29. The van der Waals surface area contributed by atoms with E-state index in [0.717, 1.165) is 0 Å². The number of carbonyl (C=O) groups excluding carboxylic acids is 2. The van der Waals surface area contributed by atoms with Crippen LogP contribution < -0.4 is 0 Å². The number of ether oxygens (including phenoxy) is 1. The lowest BCUT2D eigenvalue weighted by Crippen LogP contribution is -2.17. The Labute approximate surface area is 58.8 Å². The van der Waals surface area contributed by atoms with Crippen molar-refractivity contribution in [3.8, 4) is 0 Å². The van der Waals surface area contributed by atoms with E-state index in [-0.39, 0.29) is 13.0 Å².